The summed E-state index contributed by atoms with van der Waals surface area (Å²) in [5.74, 6) is -2.88. The van der Waals surface area contributed by atoms with Crippen LogP contribution in [0.25, 0.3) is 10.9 Å². The molecule has 0 saturated carbocycles. The minimum absolute atomic E-state index is 0.0147. The molecule has 0 spiro atoms. The first-order valence-corrected chi connectivity index (χ1v) is 9.41. The van der Waals surface area contributed by atoms with Gasteiger partial charge in [0.1, 0.15) is 12.1 Å². The van der Waals surface area contributed by atoms with Crippen molar-refractivity contribution in [2.45, 2.75) is 32.0 Å². The SMILES string of the molecule is Cc1c[nH]c2ccccc12.NC(CO)c1nnc(CNC(=O)NC(CC(=O)O)C(=O)O)o1. The van der Waals surface area contributed by atoms with Gasteiger partial charge < -0.3 is 41.1 Å². The zero-order valence-electron chi connectivity index (χ0n) is 17.1. The smallest absolute Gasteiger partial charge is 0.326 e. The van der Waals surface area contributed by atoms with Crippen LogP contribution in [0, 0.1) is 6.92 Å². The van der Waals surface area contributed by atoms with E-state index in [1.165, 1.54) is 16.5 Å². The first-order chi connectivity index (χ1) is 15.2. The van der Waals surface area contributed by atoms with Crippen LogP contribution in [-0.2, 0) is 16.1 Å². The number of carboxylic acids is 2. The van der Waals surface area contributed by atoms with Crippen molar-refractivity contribution < 1.29 is 34.1 Å². The van der Waals surface area contributed by atoms with Gasteiger partial charge in [-0.3, -0.25) is 4.79 Å². The summed E-state index contributed by atoms with van der Waals surface area (Å²) in [4.78, 5) is 35.9. The van der Waals surface area contributed by atoms with Crippen molar-refractivity contribution in [3.63, 3.8) is 0 Å². The van der Waals surface area contributed by atoms with Crippen molar-refractivity contribution in [2.75, 3.05) is 6.61 Å². The van der Waals surface area contributed by atoms with Gasteiger partial charge in [-0.2, -0.15) is 0 Å². The predicted molar refractivity (Wildman–Crippen MR) is 110 cm³/mol. The molecule has 0 fully saturated rings. The summed E-state index contributed by atoms with van der Waals surface area (Å²) >= 11 is 0. The number of hydrogen-bond acceptors (Lipinski definition) is 8. The number of fused-ring (bicyclic) bond motifs is 1. The highest BCUT2D eigenvalue weighted by Gasteiger charge is 2.23. The monoisotopic (exact) mass is 448 g/mol. The van der Waals surface area contributed by atoms with Crippen LogP contribution in [0.15, 0.2) is 34.9 Å². The van der Waals surface area contributed by atoms with E-state index in [0.717, 1.165) is 0 Å². The van der Waals surface area contributed by atoms with E-state index < -0.39 is 43.1 Å². The molecular weight excluding hydrogens is 424 g/mol. The highest BCUT2D eigenvalue weighted by atomic mass is 16.4. The van der Waals surface area contributed by atoms with Gasteiger partial charge in [0.15, 0.2) is 0 Å². The predicted octanol–water partition coefficient (Wildman–Crippen LogP) is 0.265. The standard InChI is InChI=1S/C10H15N5O7.C9H9N/c11-4(3-16)8-15-14-6(22-8)2-12-10(21)13-5(9(19)20)1-7(17)18;1-7-6-10-9-5-3-2-4-8(7)9/h4-5,16H,1-3,11H2,(H,17,18)(H,19,20)(H2,12,13,21);2-6,10H,1H3. The molecule has 3 rings (SSSR count). The number of H-pyrrole nitrogens is 1. The highest BCUT2D eigenvalue weighted by molar-refractivity contribution is 5.86. The molecule has 172 valence electrons. The average molecular weight is 448 g/mol. The molecule has 0 radical (unpaired) electrons. The molecule has 0 aliphatic heterocycles. The molecule has 2 heterocycles. The number of aliphatic hydroxyl groups excluding tert-OH is 1. The summed E-state index contributed by atoms with van der Waals surface area (Å²) < 4.78 is 5.04. The Morgan fingerprint density at radius 1 is 1.22 bits per heavy atom. The second-order valence-electron chi connectivity index (χ2n) is 6.66. The van der Waals surface area contributed by atoms with Gasteiger partial charge in [-0.25, -0.2) is 9.59 Å². The van der Waals surface area contributed by atoms with Crippen LogP contribution in [0.5, 0.6) is 0 Å². The molecular formula is C19H24N6O7. The van der Waals surface area contributed by atoms with Crippen molar-refractivity contribution in [1.29, 1.82) is 0 Å². The fourth-order valence-electron chi connectivity index (χ4n) is 2.52. The molecule has 2 atom stereocenters. The number of urea groups is 1. The number of benzene rings is 1. The Hall–Kier alpha value is -3.97. The van der Waals surface area contributed by atoms with E-state index >= 15 is 0 Å². The minimum Gasteiger partial charge on any atom is -0.481 e. The van der Waals surface area contributed by atoms with E-state index in [1.807, 2.05) is 17.6 Å². The van der Waals surface area contributed by atoms with Gasteiger partial charge in [-0.15, -0.1) is 10.2 Å². The van der Waals surface area contributed by atoms with Crippen LogP contribution < -0.4 is 16.4 Å². The highest BCUT2D eigenvalue weighted by Crippen LogP contribution is 2.15. The van der Waals surface area contributed by atoms with Crippen molar-refractivity contribution >= 4 is 28.9 Å². The number of nitrogens with one attached hydrogen (secondary N) is 3. The summed E-state index contributed by atoms with van der Waals surface area (Å²) in [6.07, 6.45) is 1.27. The summed E-state index contributed by atoms with van der Waals surface area (Å²) in [7, 11) is 0. The number of aliphatic carboxylic acids is 2. The van der Waals surface area contributed by atoms with Crippen molar-refractivity contribution in [3.05, 3.63) is 47.8 Å². The number of carboxylic acid groups (broad SMARTS) is 2. The van der Waals surface area contributed by atoms with E-state index in [-0.39, 0.29) is 18.3 Å². The van der Waals surface area contributed by atoms with Crippen LogP contribution in [0.1, 0.15) is 29.8 Å². The summed E-state index contributed by atoms with van der Waals surface area (Å²) in [6.45, 7) is 1.49. The normalized spacial score (nSPS) is 12.3. The second kappa shape index (κ2) is 11.4. The number of nitrogens with zero attached hydrogens (tertiary/aromatic N) is 2. The van der Waals surface area contributed by atoms with E-state index in [2.05, 4.69) is 45.6 Å². The van der Waals surface area contributed by atoms with E-state index in [4.69, 9.17) is 25.5 Å². The number of nitrogens with two attached hydrogens (primary N) is 1. The van der Waals surface area contributed by atoms with Crippen LogP contribution in [0.4, 0.5) is 4.79 Å². The van der Waals surface area contributed by atoms with Crippen molar-refractivity contribution in [3.8, 4) is 0 Å². The number of para-hydroxylation sites is 1. The molecule has 0 aliphatic rings. The lowest BCUT2D eigenvalue weighted by molar-refractivity contribution is -0.145. The Balaban J connectivity index is 0.000000297. The summed E-state index contributed by atoms with van der Waals surface area (Å²) in [5.41, 5.74) is 7.98. The van der Waals surface area contributed by atoms with Gasteiger partial charge in [-0.05, 0) is 18.6 Å². The molecule has 2 unspecified atom stereocenters. The molecule has 0 bridgehead atoms. The number of aryl methyl sites for hydroxylation is 1. The Labute approximate surface area is 181 Å². The largest absolute Gasteiger partial charge is 0.481 e. The molecule has 0 aliphatic carbocycles. The number of aliphatic hydroxyl groups is 1. The van der Waals surface area contributed by atoms with Gasteiger partial charge >= 0.3 is 18.0 Å². The molecule has 2 amide bonds. The Morgan fingerprint density at radius 3 is 2.56 bits per heavy atom. The maximum atomic E-state index is 11.5. The molecule has 1 aromatic carbocycles. The van der Waals surface area contributed by atoms with Gasteiger partial charge in [0.05, 0.1) is 19.6 Å². The third-order valence-corrected chi connectivity index (χ3v) is 4.17. The summed E-state index contributed by atoms with van der Waals surface area (Å²) in [5, 5.41) is 38.7. The fraction of sp³-hybridized carbons (Fsp3) is 0.316. The lowest BCUT2D eigenvalue weighted by Gasteiger charge is -2.12. The van der Waals surface area contributed by atoms with Gasteiger partial charge in [0.2, 0.25) is 11.8 Å². The maximum Gasteiger partial charge on any atom is 0.326 e. The lowest BCUT2D eigenvalue weighted by atomic mass is 10.2. The van der Waals surface area contributed by atoms with Gasteiger partial charge in [-0.1, -0.05) is 18.2 Å². The Kier molecular flexibility index (Phi) is 8.68. The number of rotatable bonds is 8. The minimum atomic E-state index is -1.57. The quantitative estimate of drug-likeness (QED) is 0.249. The van der Waals surface area contributed by atoms with Crippen LogP contribution in [-0.4, -0.2) is 61.1 Å². The number of carbonyl (C=O) groups is 3. The molecule has 3 aromatic rings. The zero-order chi connectivity index (χ0) is 23.7. The zero-order valence-corrected chi connectivity index (χ0v) is 17.1. The Bertz CT molecular complexity index is 1060. The average Bonchev–Trinajstić information content (AvgIpc) is 3.39. The number of aromatic amines is 1. The number of amides is 2. The topological polar surface area (TPSA) is 217 Å². The number of hydrogen-bond donors (Lipinski definition) is 7. The van der Waals surface area contributed by atoms with E-state index in [1.54, 1.807) is 0 Å². The molecule has 0 saturated heterocycles. The Morgan fingerprint density at radius 2 is 1.94 bits per heavy atom. The second-order valence-corrected chi connectivity index (χ2v) is 6.66. The first kappa shape index (κ1) is 24.3. The first-order valence-electron chi connectivity index (χ1n) is 9.41. The van der Waals surface area contributed by atoms with Gasteiger partial charge in [0.25, 0.3) is 0 Å². The van der Waals surface area contributed by atoms with Crippen molar-refractivity contribution in [1.82, 2.24) is 25.8 Å². The lowest BCUT2D eigenvalue weighted by Crippen LogP contribution is -2.46. The third-order valence-electron chi connectivity index (χ3n) is 4.17. The van der Waals surface area contributed by atoms with Crippen LogP contribution in [0.2, 0.25) is 0 Å². The number of carbonyl (C=O) groups excluding carboxylic acids is 1. The van der Waals surface area contributed by atoms with Gasteiger partial charge in [0, 0.05) is 17.1 Å². The summed E-state index contributed by atoms with van der Waals surface area (Å²) in [6, 6.07) is 4.98. The molecule has 13 heteroatoms. The van der Waals surface area contributed by atoms with Crippen LogP contribution in [0.3, 0.4) is 0 Å². The molecule has 8 N–H and O–H groups in total. The fourth-order valence-corrected chi connectivity index (χ4v) is 2.52. The third kappa shape index (κ3) is 7.07. The van der Waals surface area contributed by atoms with E-state index in [0.29, 0.717) is 0 Å². The maximum absolute atomic E-state index is 11.5. The molecule has 13 nitrogen and oxygen atoms in total. The van der Waals surface area contributed by atoms with Crippen molar-refractivity contribution in [2.24, 2.45) is 5.73 Å². The molecule has 2 aromatic heterocycles. The number of aromatic nitrogens is 3. The molecule has 32 heavy (non-hydrogen) atoms. The van der Waals surface area contributed by atoms with Crippen LogP contribution >= 0.6 is 0 Å². The van der Waals surface area contributed by atoms with E-state index in [9.17, 15) is 14.4 Å².